The Morgan fingerprint density at radius 3 is 2.20 bits per heavy atom. The number of benzene rings is 3. The predicted octanol–water partition coefficient (Wildman–Crippen LogP) is 5.14. The number of nitrogens with one attached hydrogen (secondary N) is 1. The van der Waals surface area contributed by atoms with E-state index >= 15 is 0 Å². The number of anilines is 1. The molecule has 1 N–H and O–H groups in total. The van der Waals surface area contributed by atoms with Crippen molar-refractivity contribution in [1.29, 1.82) is 0 Å². The number of hydrogen-bond acceptors (Lipinski definition) is 4. The summed E-state index contributed by atoms with van der Waals surface area (Å²) in [6.07, 6.45) is 1.35. The smallest absolute Gasteiger partial charge is 0.244 e. The van der Waals surface area contributed by atoms with Crippen LogP contribution in [0.15, 0.2) is 72.8 Å². The molecule has 0 radical (unpaired) electrons. The largest absolute Gasteiger partial charge is 0.354 e. The summed E-state index contributed by atoms with van der Waals surface area (Å²) in [7, 11) is -3.83. The first-order chi connectivity index (χ1) is 18.9. The molecule has 0 saturated carbocycles. The SMILES string of the molecule is Cc1cccc(N(CC(=O)N(Cc2cccc(Cl)c2)C(Cc2ccccc2)C(=O)NCC(C)C)S(C)(=O)=O)c1C. The van der Waals surface area contributed by atoms with Crippen LogP contribution in [0.4, 0.5) is 5.69 Å². The minimum absolute atomic E-state index is 0.0798. The summed E-state index contributed by atoms with van der Waals surface area (Å²) >= 11 is 6.25. The van der Waals surface area contributed by atoms with Crippen LogP contribution in [-0.4, -0.2) is 50.5 Å². The number of halogens is 1. The van der Waals surface area contributed by atoms with Gasteiger partial charge >= 0.3 is 0 Å². The van der Waals surface area contributed by atoms with Crippen molar-refractivity contribution in [2.75, 3.05) is 23.7 Å². The van der Waals surface area contributed by atoms with Crippen LogP contribution in [0.3, 0.4) is 0 Å². The molecular weight excluding hydrogens is 546 g/mol. The van der Waals surface area contributed by atoms with Crippen LogP contribution in [0.1, 0.15) is 36.1 Å². The summed E-state index contributed by atoms with van der Waals surface area (Å²) in [5.41, 5.74) is 3.71. The molecule has 1 atom stereocenters. The first-order valence-corrected chi connectivity index (χ1v) is 15.5. The molecule has 0 aromatic heterocycles. The lowest BCUT2D eigenvalue weighted by atomic mass is 10.0. The minimum atomic E-state index is -3.83. The fourth-order valence-electron chi connectivity index (χ4n) is 4.41. The normalized spacial score (nSPS) is 12.2. The number of aryl methyl sites for hydroxylation is 1. The van der Waals surface area contributed by atoms with E-state index in [1.54, 1.807) is 30.3 Å². The lowest BCUT2D eigenvalue weighted by molar-refractivity contribution is -0.140. The van der Waals surface area contributed by atoms with Gasteiger partial charge in [-0.05, 0) is 60.2 Å². The summed E-state index contributed by atoms with van der Waals surface area (Å²) in [5, 5.41) is 3.48. The average molecular weight is 584 g/mol. The van der Waals surface area contributed by atoms with Crippen molar-refractivity contribution in [3.8, 4) is 0 Å². The molecule has 0 bridgehead atoms. The van der Waals surface area contributed by atoms with E-state index in [9.17, 15) is 18.0 Å². The zero-order valence-electron chi connectivity index (χ0n) is 23.7. The maximum absolute atomic E-state index is 14.1. The number of rotatable bonds is 12. The van der Waals surface area contributed by atoms with Crippen molar-refractivity contribution in [2.45, 2.75) is 46.7 Å². The number of carbonyl (C=O) groups excluding carboxylic acids is 2. The Morgan fingerprint density at radius 2 is 1.57 bits per heavy atom. The van der Waals surface area contributed by atoms with E-state index in [4.69, 9.17) is 11.6 Å². The maximum Gasteiger partial charge on any atom is 0.244 e. The van der Waals surface area contributed by atoms with Gasteiger partial charge in [0.15, 0.2) is 0 Å². The highest BCUT2D eigenvalue weighted by Gasteiger charge is 2.33. The highest BCUT2D eigenvalue weighted by molar-refractivity contribution is 7.92. The van der Waals surface area contributed by atoms with E-state index in [2.05, 4.69) is 5.32 Å². The Kier molecular flexibility index (Phi) is 10.8. The quantitative estimate of drug-likeness (QED) is 0.320. The van der Waals surface area contributed by atoms with Gasteiger partial charge in [-0.25, -0.2) is 8.42 Å². The standard InChI is InChI=1S/C31H38ClN3O4S/c1-22(2)19-33-31(37)29(18-25-12-7-6-8-13-25)34(20-26-14-10-15-27(32)17-26)30(36)21-35(40(5,38)39)28-16-9-11-23(3)24(28)4/h6-17,22,29H,18-21H2,1-5H3,(H,33,37). The third-order valence-corrected chi connectivity index (χ3v) is 8.08. The fourth-order valence-corrected chi connectivity index (χ4v) is 5.52. The molecule has 1 unspecified atom stereocenters. The Bertz CT molecular complexity index is 1430. The van der Waals surface area contributed by atoms with Crippen molar-refractivity contribution in [1.82, 2.24) is 10.2 Å². The number of nitrogens with zero attached hydrogens (tertiary/aromatic N) is 2. The summed E-state index contributed by atoms with van der Waals surface area (Å²) < 4.78 is 27.1. The molecule has 7 nitrogen and oxygen atoms in total. The van der Waals surface area contributed by atoms with E-state index in [-0.39, 0.29) is 24.8 Å². The van der Waals surface area contributed by atoms with Gasteiger partial charge in [0.2, 0.25) is 21.8 Å². The third-order valence-electron chi connectivity index (χ3n) is 6.72. The lowest BCUT2D eigenvalue weighted by Crippen LogP contribution is -2.53. The van der Waals surface area contributed by atoms with Gasteiger partial charge in [0, 0.05) is 24.5 Å². The molecule has 0 fully saturated rings. The Hall–Kier alpha value is -3.36. The van der Waals surface area contributed by atoms with Crippen LogP contribution >= 0.6 is 11.6 Å². The van der Waals surface area contributed by atoms with Crippen LogP contribution in [0.5, 0.6) is 0 Å². The van der Waals surface area contributed by atoms with Crippen molar-refractivity contribution in [3.63, 3.8) is 0 Å². The molecule has 214 valence electrons. The van der Waals surface area contributed by atoms with Crippen LogP contribution in [0.25, 0.3) is 0 Å². The number of amides is 2. The number of hydrogen-bond donors (Lipinski definition) is 1. The van der Waals surface area contributed by atoms with Crippen LogP contribution in [0.2, 0.25) is 5.02 Å². The topological polar surface area (TPSA) is 86.8 Å². The molecule has 0 spiro atoms. The lowest BCUT2D eigenvalue weighted by Gasteiger charge is -2.34. The van der Waals surface area contributed by atoms with Crippen molar-refractivity contribution in [2.24, 2.45) is 5.92 Å². The van der Waals surface area contributed by atoms with Gasteiger partial charge in [-0.3, -0.25) is 13.9 Å². The van der Waals surface area contributed by atoms with Gasteiger partial charge in [-0.2, -0.15) is 0 Å². The minimum Gasteiger partial charge on any atom is -0.354 e. The summed E-state index contributed by atoms with van der Waals surface area (Å²) in [4.78, 5) is 29.3. The summed E-state index contributed by atoms with van der Waals surface area (Å²) in [6, 6.07) is 21.0. The second-order valence-corrected chi connectivity index (χ2v) is 12.8. The molecule has 0 aliphatic heterocycles. The number of carbonyl (C=O) groups is 2. The number of sulfonamides is 1. The van der Waals surface area contributed by atoms with Crippen LogP contribution < -0.4 is 9.62 Å². The van der Waals surface area contributed by atoms with E-state index in [1.165, 1.54) is 4.90 Å². The van der Waals surface area contributed by atoms with Crippen LogP contribution in [-0.2, 0) is 32.6 Å². The molecule has 0 saturated heterocycles. The van der Waals surface area contributed by atoms with Gasteiger partial charge in [0.05, 0.1) is 11.9 Å². The molecular formula is C31H38ClN3O4S. The Balaban J connectivity index is 2.07. The summed E-state index contributed by atoms with van der Waals surface area (Å²) in [6.45, 7) is 7.78. The zero-order valence-corrected chi connectivity index (χ0v) is 25.3. The van der Waals surface area contributed by atoms with E-state index < -0.39 is 28.5 Å². The molecule has 2 amide bonds. The first-order valence-electron chi connectivity index (χ1n) is 13.3. The Labute approximate surface area is 243 Å². The van der Waals surface area contributed by atoms with E-state index in [0.717, 1.165) is 32.8 Å². The van der Waals surface area contributed by atoms with Gasteiger partial charge < -0.3 is 10.2 Å². The molecule has 3 rings (SSSR count). The average Bonchev–Trinajstić information content (AvgIpc) is 2.89. The highest BCUT2D eigenvalue weighted by Crippen LogP contribution is 2.26. The van der Waals surface area contributed by atoms with Gasteiger partial charge in [-0.15, -0.1) is 0 Å². The van der Waals surface area contributed by atoms with E-state index in [1.807, 2.05) is 70.2 Å². The fraction of sp³-hybridized carbons (Fsp3) is 0.355. The van der Waals surface area contributed by atoms with Crippen LogP contribution in [0, 0.1) is 19.8 Å². The molecule has 0 aliphatic carbocycles. The second kappa shape index (κ2) is 13.8. The second-order valence-electron chi connectivity index (χ2n) is 10.5. The monoisotopic (exact) mass is 583 g/mol. The van der Waals surface area contributed by atoms with Crippen molar-refractivity contribution >= 4 is 39.1 Å². The van der Waals surface area contributed by atoms with Gasteiger partial charge in [0.1, 0.15) is 12.6 Å². The summed E-state index contributed by atoms with van der Waals surface area (Å²) in [5.74, 6) is -0.582. The molecule has 3 aromatic rings. The van der Waals surface area contributed by atoms with Crippen molar-refractivity contribution in [3.05, 3.63) is 100 Å². The van der Waals surface area contributed by atoms with E-state index in [0.29, 0.717) is 17.3 Å². The predicted molar refractivity (Wildman–Crippen MR) is 162 cm³/mol. The molecule has 0 heterocycles. The third kappa shape index (κ3) is 8.57. The molecule has 40 heavy (non-hydrogen) atoms. The first kappa shape index (κ1) is 31.2. The molecule has 3 aromatic carbocycles. The zero-order chi connectivity index (χ0) is 29.4. The molecule has 0 aliphatic rings. The molecule has 9 heteroatoms. The maximum atomic E-state index is 14.1. The highest BCUT2D eigenvalue weighted by atomic mass is 35.5. The van der Waals surface area contributed by atoms with Gasteiger partial charge in [-0.1, -0.05) is 80.0 Å². The Morgan fingerprint density at radius 1 is 0.925 bits per heavy atom. The van der Waals surface area contributed by atoms with Gasteiger partial charge in [0.25, 0.3) is 0 Å². The van der Waals surface area contributed by atoms with Crippen molar-refractivity contribution < 1.29 is 18.0 Å².